The first-order valence-corrected chi connectivity index (χ1v) is 4.65. The van der Waals surface area contributed by atoms with Crippen molar-refractivity contribution in [1.29, 1.82) is 0 Å². The summed E-state index contributed by atoms with van der Waals surface area (Å²) < 4.78 is 4.66. The number of hydrogen-bond donors (Lipinski definition) is 3. The number of nitrogens with one attached hydrogen (secondary N) is 1. The quantitative estimate of drug-likeness (QED) is 0.607. The Morgan fingerprint density at radius 2 is 2.24 bits per heavy atom. The molecule has 0 aliphatic heterocycles. The molecule has 0 aromatic carbocycles. The predicted octanol–water partition coefficient (Wildman–Crippen LogP) is -0.959. The van der Waals surface area contributed by atoms with Crippen molar-refractivity contribution in [2.75, 3.05) is 0 Å². The fourth-order valence-corrected chi connectivity index (χ4v) is 1.15. The fraction of sp³-hybridized carbons (Fsp3) is 0.333. The number of nitrogens with zero attached hydrogens (tertiary/aromatic N) is 1. The van der Waals surface area contributed by atoms with Crippen LogP contribution in [-0.4, -0.2) is 34.1 Å². The zero-order chi connectivity index (χ0) is 13.0. The maximum atomic E-state index is 11.6. The van der Waals surface area contributed by atoms with Crippen LogP contribution in [0.1, 0.15) is 22.5 Å². The number of carbonyl (C=O) groups is 3. The number of nitrogens with two attached hydrogens (primary N) is 1. The van der Waals surface area contributed by atoms with E-state index in [-0.39, 0.29) is 11.3 Å². The highest BCUT2D eigenvalue weighted by atomic mass is 16.5. The van der Waals surface area contributed by atoms with E-state index in [1.807, 2.05) is 0 Å². The minimum Gasteiger partial charge on any atom is -0.480 e. The van der Waals surface area contributed by atoms with E-state index < -0.39 is 30.2 Å². The van der Waals surface area contributed by atoms with Crippen molar-refractivity contribution in [3.8, 4) is 0 Å². The first-order valence-electron chi connectivity index (χ1n) is 4.65. The Balaban J connectivity index is 2.74. The lowest BCUT2D eigenvalue weighted by atomic mass is 10.1. The molecule has 1 atom stereocenters. The predicted molar refractivity (Wildman–Crippen MR) is 53.9 cm³/mol. The average molecular weight is 241 g/mol. The van der Waals surface area contributed by atoms with Gasteiger partial charge in [-0.2, -0.15) is 0 Å². The minimum absolute atomic E-state index is 0.112. The summed E-state index contributed by atoms with van der Waals surface area (Å²) in [7, 11) is 0. The third-order valence-corrected chi connectivity index (χ3v) is 2.00. The van der Waals surface area contributed by atoms with Crippen molar-refractivity contribution >= 4 is 17.8 Å². The lowest BCUT2D eigenvalue weighted by Gasteiger charge is -2.11. The van der Waals surface area contributed by atoms with Crippen LogP contribution in [0.15, 0.2) is 10.7 Å². The molecule has 8 heteroatoms. The number of carboxylic acids is 1. The van der Waals surface area contributed by atoms with Crippen molar-refractivity contribution in [1.82, 2.24) is 10.5 Å². The Hall–Kier alpha value is -2.38. The van der Waals surface area contributed by atoms with Gasteiger partial charge in [0.25, 0.3) is 5.91 Å². The van der Waals surface area contributed by atoms with Crippen LogP contribution >= 0.6 is 0 Å². The molecule has 1 unspecified atom stereocenters. The number of carboxylic acid groups (broad SMARTS) is 1. The molecule has 0 saturated carbocycles. The van der Waals surface area contributed by atoms with E-state index in [0.29, 0.717) is 0 Å². The third kappa shape index (κ3) is 3.30. The molecule has 0 fully saturated rings. The topological polar surface area (TPSA) is 136 Å². The zero-order valence-electron chi connectivity index (χ0n) is 8.97. The highest BCUT2D eigenvalue weighted by Gasteiger charge is 2.24. The highest BCUT2D eigenvalue weighted by molar-refractivity contribution is 5.97. The Kier molecular flexibility index (Phi) is 3.81. The first-order chi connectivity index (χ1) is 7.91. The fourth-order valence-electron chi connectivity index (χ4n) is 1.15. The Bertz CT molecular complexity index is 453. The zero-order valence-corrected chi connectivity index (χ0v) is 8.97. The van der Waals surface area contributed by atoms with Crippen LogP contribution in [-0.2, 0) is 9.59 Å². The number of amides is 2. The summed E-state index contributed by atoms with van der Waals surface area (Å²) in [5.74, 6) is -2.59. The molecule has 1 heterocycles. The summed E-state index contributed by atoms with van der Waals surface area (Å²) in [6, 6.07) is -1.37. The van der Waals surface area contributed by atoms with E-state index in [1.165, 1.54) is 6.92 Å². The molecule has 0 aliphatic rings. The summed E-state index contributed by atoms with van der Waals surface area (Å²) in [6.07, 6.45) is 0.680. The van der Waals surface area contributed by atoms with Crippen LogP contribution < -0.4 is 11.1 Å². The van der Waals surface area contributed by atoms with Crippen LogP contribution in [0.4, 0.5) is 0 Å². The van der Waals surface area contributed by atoms with Gasteiger partial charge in [-0.1, -0.05) is 5.16 Å². The maximum absolute atomic E-state index is 11.6. The molecule has 1 aromatic rings. The molecule has 8 nitrogen and oxygen atoms in total. The van der Waals surface area contributed by atoms with Gasteiger partial charge in [-0.05, 0) is 6.92 Å². The minimum atomic E-state index is -1.37. The monoisotopic (exact) mass is 241 g/mol. The van der Waals surface area contributed by atoms with Gasteiger partial charge >= 0.3 is 5.97 Å². The van der Waals surface area contributed by atoms with Gasteiger partial charge in [-0.15, -0.1) is 0 Å². The van der Waals surface area contributed by atoms with Gasteiger partial charge < -0.3 is 20.7 Å². The van der Waals surface area contributed by atoms with Crippen molar-refractivity contribution in [2.24, 2.45) is 5.73 Å². The largest absolute Gasteiger partial charge is 0.480 e. The molecule has 0 saturated heterocycles. The average Bonchev–Trinajstić information content (AvgIpc) is 2.62. The van der Waals surface area contributed by atoms with Crippen LogP contribution in [0.2, 0.25) is 0 Å². The number of rotatable bonds is 5. The van der Waals surface area contributed by atoms with Crippen molar-refractivity contribution in [2.45, 2.75) is 19.4 Å². The summed E-state index contributed by atoms with van der Waals surface area (Å²) in [6.45, 7) is 1.51. The van der Waals surface area contributed by atoms with Crippen LogP contribution in [0.5, 0.6) is 0 Å². The van der Waals surface area contributed by atoms with E-state index in [4.69, 9.17) is 10.8 Å². The van der Waals surface area contributed by atoms with E-state index in [1.54, 1.807) is 0 Å². The maximum Gasteiger partial charge on any atom is 0.326 e. The number of carbonyl (C=O) groups excluding carboxylic acids is 2. The number of aryl methyl sites for hydroxylation is 1. The van der Waals surface area contributed by atoms with Gasteiger partial charge in [0.15, 0.2) is 0 Å². The molecule has 17 heavy (non-hydrogen) atoms. The summed E-state index contributed by atoms with van der Waals surface area (Å²) in [4.78, 5) is 33.0. The molecule has 4 N–H and O–H groups in total. The Morgan fingerprint density at radius 3 is 2.65 bits per heavy atom. The van der Waals surface area contributed by atoms with Gasteiger partial charge in [-0.3, -0.25) is 9.59 Å². The van der Waals surface area contributed by atoms with Crippen molar-refractivity contribution in [3.05, 3.63) is 17.5 Å². The van der Waals surface area contributed by atoms with Gasteiger partial charge in [0.1, 0.15) is 17.4 Å². The standard InChI is InChI=1S/C9H11N3O5/c1-4-5(3-11-17-4)8(14)12-6(9(15)16)2-7(10)13/h3,6H,2H2,1H3,(H2,10,13)(H,12,14)(H,15,16). The van der Waals surface area contributed by atoms with Crippen LogP contribution in [0.25, 0.3) is 0 Å². The molecule has 92 valence electrons. The SMILES string of the molecule is Cc1oncc1C(=O)NC(CC(N)=O)C(=O)O. The highest BCUT2D eigenvalue weighted by Crippen LogP contribution is 2.06. The number of primary amides is 1. The van der Waals surface area contributed by atoms with Gasteiger partial charge in [0, 0.05) is 0 Å². The van der Waals surface area contributed by atoms with Crippen molar-refractivity contribution in [3.63, 3.8) is 0 Å². The lowest BCUT2D eigenvalue weighted by Crippen LogP contribution is -2.43. The molecule has 2 amide bonds. The lowest BCUT2D eigenvalue weighted by molar-refractivity contribution is -0.140. The summed E-state index contributed by atoms with van der Waals surface area (Å²) in [5, 5.41) is 14.3. The molecule has 0 radical (unpaired) electrons. The molecular weight excluding hydrogens is 230 g/mol. The van der Waals surface area contributed by atoms with E-state index in [2.05, 4.69) is 15.0 Å². The van der Waals surface area contributed by atoms with Crippen LogP contribution in [0.3, 0.4) is 0 Å². The molecule has 0 bridgehead atoms. The number of aliphatic carboxylic acids is 1. The summed E-state index contributed by atoms with van der Waals surface area (Å²) in [5.41, 5.74) is 4.98. The second-order valence-electron chi connectivity index (χ2n) is 3.33. The summed E-state index contributed by atoms with van der Waals surface area (Å²) >= 11 is 0. The van der Waals surface area contributed by atoms with Gasteiger partial charge in [-0.25, -0.2) is 4.79 Å². The normalized spacial score (nSPS) is 11.8. The van der Waals surface area contributed by atoms with Crippen LogP contribution in [0, 0.1) is 6.92 Å². The molecule has 1 aromatic heterocycles. The Labute approximate surface area is 95.8 Å². The van der Waals surface area contributed by atoms with Gasteiger partial charge in [0.05, 0.1) is 12.6 Å². The second-order valence-corrected chi connectivity index (χ2v) is 3.33. The molecular formula is C9H11N3O5. The number of aromatic nitrogens is 1. The molecule has 1 rings (SSSR count). The van der Waals surface area contributed by atoms with E-state index in [0.717, 1.165) is 6.20 Å². The molecule has 0 spiro atoms. The van der Waals surface area contributed by atoms with Crippen molar-refractivity contribution < 1.29 is 24.0 Å². The van der Waals surface area contributed by atoms with Gasteiger partial charge in [0.2, 0.25) is 5.91 Å². The third-order valence-electron chi connectivity index (χ3n) is 2.00. The first kappa shape index (κ1) is 12.7. The van der Waals surface area contributed by atoms with E-state index in [9.17, 15) is 14.4 Å². The smallest absolute Gasteiger partial charge is 0.326 e. The van der Waals surface area contributed by atoms with E-state index >= 15 is 0 Å². The second kappa shape index (κ2) is 5.10. The molecule has 0 aliphatic carbocycles. The Morgan fingerprint density at radius 1 is 1.59 bits per heavy atom. The number of hydrogen-bond acceptors (Lipinski definition) is 5.